The maximum Gasteiger partial charge on any atom is 0.408 e. The zero-order valence-electron chi connectivity index (χ0n) is 15.7. The van der Waals surface area contributed by atoms with Crippen molar-refractivity contribution < 1.29 is 22.0 Å². The first kappa shape index (κ1) is 22.6. The molecule has 0 aliphatic carbocycles. The van der Waals surface area contributed by atoms with Crippen molar-refractivity contribution in [2.45, 2.75) is 51.7 Å². The highest BCUT2D eigenvalue weighted by atomic mass is 16.5. The number of carbonyl (C=O) groups excluding carboxylic acids is 3. The van der Waals surface area contributed by atoms with Crippen molar-refractivity contribution in [1.82, 2.24) is 16.0 Å². The Kier molecular flexibility index (Phi) is 10.0. The van der Waals surface area contributed by atoms with Crippen molar-refractivity contribution in [3.8, 4) is 0 Å². The van der Waals surface area contributed by atoms with E-state index in [2.05, 4.69) is 16.0 Å². The summed E-state index contributed by atoms with van der Waals surface area (Å²) in [5.41, 5.74) is 11.6. The van der Waals surface area contributed by atoms with Crippen LogP contribution in [0, 0.1) is 0 Å². The summed E-state index contributed by atoms with van der Waals surface area (Å²) in [5, 5.41) is 7.95. The van der Waals surface area contributed by atoms with E-state index in [9.17, 15) is 14.4 Å². The molecule has 7 N–H and O–H groups in total. The number of carbonyl (C=O) groups is 3. The fourth-order valence-corrected chi connectivity index (χ4v) is 2.17. The van der Waals surface area contributed by atoms with Crippen LogP contribution in [0.2, 0.25) is 0 Å². The normalized spacial score (nSPS) is 12.9. The van der Waals surface area contributed by atoms with Crippen LogP contribution in [-0.4, -0.2) is 42.7 Å². The van der Waals surface area contributed by atoms with Gasteiger partial charge in [-0.15, -0.1) is 0 Å². The number of hydrogen-bond donors (Lipinski definition) is 5. The third kappa shape index (κ3) is 9.69. The van der Waals surface area contributed by atoms with E-state index in [4.69, 9.17) is 16.2 Å². The smallest absolute Gasteiger partial charge is 0.408 e. The minimum absolute atomic E-state index is 0. The average Bonchev–Trinajstić information content (AvgIpc) is 2.62. The lowest BCUT2D eigenvalue weighted by molar-refractivity contribution is -0.127. The van der Waals surface area contributed by atoms with Gasteiger partial charge < -0.3 is 26.8 Å². The maximum atomic E-state index is 12.4. The molecule has 1 aromatic rings. The van der Waals surface area contributed by atoms with E-state index >= 15 is 0 Å². The average molecular weight is 383 g/mol. The Morgan fingerprint density at radius 3 is 2.41 bits per heavy atom. The highest BCUT2D eigenvalue weighted by molar-refractivity contribution is 5.90. The Morgan fingerprint density at radius 2 is 1.81 bits per heavy atom. The van der Waals surface area contributed by atoms with Crippen LogP contribution in [0.3, 0.4) is 0 Å². The summed E-state index contributed by atoms with van der Waals surface area (Å²) in [7, 11) is 0. The van der Waals surface area contributed by atoms with E-state index in [-0.39, 0.29) is 15.2 Å². The van der Waals surface area contributed by atoms with E-state index in [0.717, 1.165) is 5.56 Å². The van der Waals surface area contributed by atoms with Crippen molar-refractivity contribution in [2.24, 2.45) is 11.5 Å². The molecule has 27 heavy (non-hydrogen) atoms. The maximum absolute atomic E-state index is 12.4. The molecule has 2 amide bonds. The molecule has 9 nitrogen and oxygen atoms in total. The van der Waals surface area contributed by atoms with Crippen LogP contribution in [0.5, 0.6) is 0 Å². The zero-order chi connectivity index (χ0) is 20.2. The van der Waals surface area contributed by atoms with Gasteiger partial charge >= 0.3 is 6.09 Å². The molecular weight excluding hydrogens is 350 g/mol. The van der Waals surface area contributed by atoms with Crippen LogP contribution in [-0.2, 0) is 20.9 Å². The number of hydrogen-bond acceptors (Lipinski definition) is 7. The second-order valence-electron chi connectivity index (χ2n) is 6.22. The highest BCUT2D eigenvalue weighted by Gasteiger charge is 2.23. The first-order valence-corrected chi connectivity index (χ1v) is 8.82. The minimum atomic E-state index is -0.842. The molecule has 0 spiro atoms. The highest BCUT2D eigenvalue weighted by Crippen LogP contribution is 2.03. The number of nitrogens with one attached hydrogen (secondary N) is 3. The predicted octanol–water partition coefficient (Wildman–Crippen LogP) is 0.438. The molecule has 0 bridgehead atoms. The lowest BCUT2D eigenvalue weighted by atomic mass is 10.1. The van der Waals surface area contributed by atoms with Crippen molar-refractivity contribution in [3.63, 3.8) is 0 Å². The minimum Gasteiger partial charge on any atom is -0.445 e. The Morgan fingerprint density at radius 1 is 1.15 bits per heavy atom. The van der Waals surface area contributed by atoms with Gasteiger partial charge in [0.05, 0.1) is 6.04 Å². The van der Waals surface area contributed by atoms with Gasteiger partial charge in [0.25, 0.3) is 0 Å². The van der Waals surface area contributed by atoms with E-state index in [1.54, 1.807) is 6.92 Å². The van der Waals surface area contributed by atoms with Crippen molar-refractivity contribution in [3.05, 3.63) is 35.9 Å². The van der Waals surface area contributed by atoms with Crippen molar-refractivity contribution >= 4 is 17.8 Å². The van der Waals surface area contributed by atoms with Gasteiger partial charge in [0, 0.05) is 2.85 Å². The number of benzene rings is 1. The Bertz CT molecular complexity index is 620. The largest absolute Gasteiger partial charge is 0.445 e. The zero-order valence-corrected chi connectivity index (χ0v) is 15.7. The SMILES string of the molecule is CC(=O)C(C)NC(=O)[C@H](CCCNC(N)N)NC(=O)OCc1ccccc1.[HH].[HH]. The van der Waals surface area contributed by atoms with Crippen LogP contribution in [0.25, 0.3) is 0 Å². The van der Waals surface area contributed by atoms with Gasteiger partial charge in [0.15, 0.2) is 5.78 Å². The Hall–Kier alpha value is -2.49. The van der Waals surface area contributed by atoms with Crippen LogP contribution >= 0.6 is 0 Å². The molecule has 0 saturated carbocycles. The molecule has 2 atom stereocenters. The van der Waals surface area contributed by atoms with E-state index in [0.29, 0.717) is 19.4 Å². The molecule has 1 unspecified atom stereocenters. The molecule has 0 heterocycles. The summed E-state index contributed by atoms with van der Waals surface area (Å²) in [6.07, 6.45) is -0.496. The predicted molar refractivity (Wildman–Crippen MR) is 105 cm³/mol. The number of rotatable bonds is 11. The van der Waals surface area contributed by atoms with Crippen LogP contribution < -0.4 is 27.4 Å². The molecular formula is C18H33N5O4. The third-order valence-electron chi connectivity index (χ3n) is 3.84. The Labute approximate surface area is 162 Å². The molecule has 154 valence electrons. The van der Waals surface area contributed by atoms with Crippen LogP contribution in [0.15, 0.2) is 30.3 Å². The summed E-state index contributed by atoms with van der Waals surface area (Å²) in [6, 6.07) is 7.71. The molecule has 0 radical (unpaired) electrons. The number of amides is 2. The summed E-state index contributed by atoms with van der Waals surface area (Å²) in [5.74, 6) is -0.629. The lowest BCUT2D eigenvalue weighted by Gasteiger charge is -2.20. The fraction of sp³-hybridized carbons (Fsp3) is 0.500. The first-order valence-electron chi connectivity index (χ1n) is 8.82. The number of ether oxygens (including phenoxy) is 1. The number of alkyl carbamates (subject to hydrolysis) is 1. The standard InChI is InChI=1S/C18H29N5O4.2H2/c1-12(13(2)24)22-16(25)15(9-6-10-21-17(19)20)23-18(26)27-11-14-7-4-3-5-8-14;;/h3-5,7-8,12,15,17,21H,6,9-11,19-20H2,1-2H3,(H,22,25)(H,23,26);2*1H/t12?,15-;;/m0../s1. The van der Waals surface area contributed by atoms with Gasteiger partial charge in [-0.3, -0.25) is 14.9 Å². The fourth-order valence-electron chi connectivity index (χ4n) is 2.17. The second-order valence-corrected chi connectivity index (χ2v) is 6.22. The van der Waals surface area contributed by atoms with Crippen molar-refractivity contribution in [1.29, 1.82) is 0 Å². The van der Waals surface area contributed by atoms with E-state index in [1.807, 2.05) is 30.3 Å². The summed E-state index contributed by atoms with van der Waals surface area (Å²) >= 11 is 0. The first-order chi connectivity index (χ1) is 12.8. The van der Waals surface area contributed by atoms with Gasteiger partial charge in [0.1, 0.15) is 18.9 Å². The van der Waals surface area contributed by atoms with Crippen LogP contribution in [0.1, 0.15) is 35.1 Å². The molecule has 0 aliphatic rings. The van der Waals surface area contributed by atoms with Gasteiger partial charge in [-0.1, -0.05) is 30.3 Å². The Balaban J connectivity index is 0. The van der Waals surface area contributed by atoms with Gasteiger partial charge in [-0.05, 0) is 38.8 Å². The summed E-state index contributed by atoms with van der Waals surface area (Å²) in [6.45, 7) is 3.53. The summed E-state index contributed by atoms with van der Waals surface area (Å²) < 4.78 is 5.15. The van der Waals surface area contributed by atoms with Crippen molar-refractivity contribution in [2.75, 3.05) is 6.54 Å². The topological polar surface area (TPSA) is 149 Å². The monoisotopic (exact) mass is 383 g/mol. The van der Waals surface area contributed by atoms with Gasteiger partial charge in [-0.25, -0.2) is 4.79 Å². The van der Waals surface area contributed by atoms with Crippen LogP contribution in [0.4, 0.5) is 4.79 Å². The quantitative estimate of drug-likeness (QED) is 0.275. The molecule has 9 heteroatoms. The van der Waals surface area contributed by atoms with E-state index < -0.39 is 30.4 Å². The number of ketones is 1. The molecule has 1 aromatic carbocycles. The second kappa shape index (κ2) is 12.0. The van der Waals surface area contributed by atoms with Gasteiger partial charge in [0.2, 0.25) is 5.91 Å². The van der Waals surface area contributed by atoms with E-state index in [1.165, 1.54) is 6.92 Å². The summed E-state index contributed by atoms with van der Waals surface area (Å²) in [4.78, 5) is 35.8. The molecule has 0 saturated heterocycles. The number of Topliss-reactive ketones (excluding diaryl/α,β-unsaturated/α-hetero) is 1. The molecule has 1 rings (SSSR count). The number of nitrogens with two attached hydrogens (primary N) is 2. The molecule has 0 aromatic heterocycles. The lowest BCUT2D eigenvalue weighted by Crippen LogP contribution is -2.51. The van der Waals surface area contributed by atoms with Gasteiger partial charge in [-0.2, -0.15) is 0 Å². The molecule has 0 aliphatic heterocycles. The third-order valence-corrected chi connectivity index (χ3v) is 3.84. The molecule has 0 fully saturated rings.